The van der Waals surface area contributed by atoms with Gasteiger partial charge in [-0.3, -0.25) is 0 Å². The number of hydrogen-bond donors (Lipinski definition) is 1. The SMILES string of the molecule is Cc1noc(C)c1S(=O)(=O)N1C2CCC1CC(O)C2. The molecule has 2 unspecified atom stereocenters. The number of hydrogen-bond acceptors (Lipinski definition) is 5. The van der Waals surface area contributed by atoms with Crippen molar-refractivity contribution >= 4 is 10.0 Å². The summed E-state index contributed by atoms with van der Waals surface area (Å²) < 4.78 is 32.2. The summed E-state index contributed by atoms with van der Waals surface area (Å²) in [4.78, 5) is 0.195. The molecule has 0 amide bonds. The summed E-state index contributed by atoms with van der Waals surface area (Å²) in [5, 5.41) is 13.5. The van der Waals surface area contributed by atoms with Crippen molar-refractivity contribution < 1.29 is 18.0 Å². The van der Waals surface area contributed by atoms with Crippen LogP contribution in [0.15, 0.2) is 9.42 Å². The van der Waals surface area contributed by atoms with Crippen LogP contribution in [0, 0.1) is 13.8 Å². The van der Waals surface area contributed by atoms with Gasteiger partial charge in [0.25, 0.3) is 0 Å². The van der Waals surface area contributed by atoms with Gasteiger partial charge in [0, 0.05) is 12.1 Å². The van der Waals surface area contributed by atoms with E-state index in [9.17, 15) is 13.5 Å². The van der Waals surface area contributed by atoms with E-state index < -0.39 is 10.0 Å². The number of aromatic nitrogens is 1. The smallest absolute Gasteiger partial charge is 0.248 e. The molecule has 1 aromatic rings. The molecular weight excluding hydrogens is 268 g/mol. The summed E-state index contributed by atoms with van der Waals surface area (Å²) in [7, 11) is -3.57. The maximum Gasteiger partial charge on any atom is 0.248 e. The van der Waals surface area contributed by atoms with E-state index in [1.807, 2.05) is 0 Å². The number of aliphatic hydroxyl groups is 1. The quantitative estimate of drug-likeness (QED) is 0.875. The van der Waals surface area contributed by atoms with Gasteiger partial charge in [0.1, 0.15) is 10.6 Å². The minimum Gasteiger partial charge on any atom is -0.393 e. The van der Waals surface area contributed by atoms with Crippen molar-refractivity contribution in [3.8, 4) is 0 Å². The van der Waals surface area contributed by atoms with E-state index in [0.717, 1.165) is 12.8 Å². The molecule has 2 fully saturated rings. The average Bonchev–Trinajstić information content (AvgIpc) is 2.79. The average molecular weight is 286 g/mol. The van der Waals surface area contributed by atoms with E-state index in [2.05, 4.69) is 5.16 Å². The third-order valence-corrected chi connectivity index (χ3v) is 6.39. The second-order valence-electron chi connectivity index (χ2n) is 5.50. The van der Waals surface area contributed by atoms with Gasteiger partial charge in [0.05, 0.1) is 6.10 Å². The van der Waals surface area contributed by atoms with Crippen molar-refractivity contribution in [2.45, 2.75) is 62.6 Å². The molecule has 0 spiro atoms. The standard InChI is InChI=1S/C12H18N2O4S/c1-7-12(8(2)18-13-7)19(16,17)14-9-3-4-10(14)6-11(15)5-9/h9-11,15H,3-6H2,1-2H3. The number of rotatable bonds is 2. The molecule has 2 aliphatic heterocycles. The lowest BCUT2D eigenvalue weighted by molar-refractivity contribution is 0.0768. The molecule has 1 aromatic heterocycles. The number of fused-ring (bicyclic) bond motifs is 2. The Balaban J connectivity index is 2.03. The Morgan fingerprint density at radius 2 is 1.84 bits per heavy atom. The monoisotopic (exact) mass is 286 g/mol. The number of sulfonamides is 1. The van der Waals surface area contributed by atoms with Gasteiger partial charge in [-0.05, 0) is 39.5 Å². The second-order valence-corrected chi connectivity index (χ2v) is 7.28. The maximum atomic E-state index is 12.8. The molecule has 3 heterocycles. The summed E-state index contributed by atoms with van der Waals surface area (Å²) in [6.07, 6.45) is 2.32. The molecule has 7 heteroatoms. The van der Waals surface area contributed by atoms with Gasteiger partial charge in [-0.2, -0.15) is 4.31 Å². The molecule has 0 aliphatic carbocycles. The zero-order valence-electron chi connectivity index (χ0n) is 11.0. The molecule has 2 aliphatic rings. The summed E-state index contributed by atoms with van der Waals surface area (Å²) in [6, 6.07) is -0.181. The van der Waals surface area contributed by atoms with Crippen LogP contribution < -0.4 is 0 Å². The molecule has 0 aromatic carbocycles. The van der Waals surface area contributed by atoms with Crippen LogP contribution in [-0.4, -0.2) is 41.2 Å². The molecule has 3 rings (SSSR count). The van der Waals surface area contributed by atoms with E-state index in [-0.39, 0.29) is 23.1 Å². The molecule has 106 valence electrons. The number of aryl methyl sites for hydroxylation is 2. The van der Waals surface area contributed by atoms with Gasteiger partial charge >= 0.3 is 0 Å². The third-order valence-electron chi connectivity index (χ3n) is 4.14. The van der Waals surface area contributed by atoms with Gasteiger partial charge < -0.3 is 9.63 Å². The first-order valence-corrected chi connectivity index (χ1v) is 7.99. The van der Waals surface area contributed by atoms with E-state index in [4.69, 9.17) is 4.52 Å². The van der Waals surface area contributed by atoms with Gasteiger partial charge in [0.2, 0.25) is 10.0 Å². The van der Waals surface area contributed by atoms with Gasteiger partial charge in [-0.25, -0.2) is 8.42 Å². The highest BCUT2D eigenvalue weighted by Gasteiger charge is 2.48. The van der Waals surface area contributed by atoms with E-state index in [1.165, 1.54) is 0 Å². The minimum absolute atomic E-state index is 0.0903. The normalized spacial score (nSPS) is 31.8. The molecule has 19 heavy (non-hydrogen) atoms. The van der Waals surface area contributed by atoms with Crippen molar-refractivity contribution in [1.82, 2.24) is 9.46 Å². The molecule has 2 bridgehead atoms. The Bertz CT molecular complexity index is 561. The molecule has 2 atom stereocenters. The Labute approximate surface area is 112 Å². The summed E-state index contributed by atoms with van der Waals surface area (Å²) in [5.74, 6) is 0.336. The van der Waals surface area contributed by atoms with E-state index in [0.29, 0.717) is 24.3 Å². The fraction of sp³-hybridized carbons (Fsp3) is 0.750. The zero-order chi connectivity index (χ0) is 13.8. The molecule has 6 nitrogen and oxygen atoms in total. The summed E-state index contributed by atoms with van der Waals surface area (Å²) >= 11 is 0. The van der Waals surface area contributed by atoms with E-state index in [1.54, 1.807) is 18.2 Å². The lowest BCUT2D eigenvalue weighted by Gasteiger charge is -2.35. The largest absolute Gasteiger partial charge is 0.393 e. The molecule has 1 N–H and O–H groups in total. The van der Waals surface area contributed by atoms with Crippen molar-refractivity contribution in [3.05, 3.63) is 11.5 Å². The Morgan fingerprint density at radius 1 is 1.26 bits per heavy atom. The van der Waals surface area contributed by atoms with Gasteiger partial charge in [-0.15, -0.1) is 0 Å². The summed E-state index contributed by atoms with van der Waals surface area (Å²) in [6.45, 7) is 3.26. The topological polar surface area (TPSA) is 83.6 Å². The van der Waals surface area contributed by atoms with Crippen LogP contribution in [-0.2, 0) is 10.0 Å². The van der Waals surface area contributed by atoms with Crippen LogP contribution in [0.2, 0.25) is 0 Å². The highest BCUT2D eigenvalue weighted by atomic mass is 32.2. The molecular formula is C12H18N2O4S. The molecule has 0 saturated carbocycles. The Hall–Kier alpha value is -0.920. The van der Waals surface area contributed by atoms with Gasteiger partial charge in [0.15, 0.2) is 5.76 Å². The van der Waals surface area contributed by atoms with Crippen LogP contribution in [0.4, 0.5) is 0 Å². The van der Waals surface area contributed by atoms with Crippen LogP contribution in [0.3, 0.4) is 0 Å². The third kappa shape index (κ3) is 1.91. The van der Waals surface area contributed by atoms with Crippen molar-refractivity contribution in [2.24, 2.45) is 0 Å². The highest BCUT2D eigenvalue weighted by Crippen LogP contribution is 2.40. The number of nitrogens with zero attached hydrogens (tertiary/aromatic N) is 2. The fourth-order valence-electron chi connectivity index (χ4n) is 3.45. The first-order valence-electron chi connectivity index (χ1n) is 6.55. The van der Waals surface area contributed by atoms with Crippen molar-refractivity contribution in [2.75, 3.05) is 0 Å². The van der Waals surface area contributed by atoms with Crippen LogP contribution in [0.1, 0.15) is 37.1 Å². The number of aliphatic hydroxyl groups excluding tert-OH is 1. The van der Waals surface area contributed by atoms with Crippen LogP contribution in [0.5, 0.6) is 0 Å². The second kappa shape index (κ2) is 4.29. The Morgan fingerprint density at radius 3 is 2.32 bits per heavy atom. The fourth-order valence-corrected chi connectivity index (χ4v) is 5.64. The molecule has 2 saturated heterocycles. The Kier molecular flexibility index (Phi) is 2.95. The predicted octanol–water partition coefficient (Wildman–Crippen LogP) is 0.968. The van der Waals surface area contributed by atoms with Crippen molar-refractivity contribution in [1.29, 1.82) is 0 Å². The lowest BCUT2D eigenvalue weighted by Crippen LogP contribution is -2.48. The first kappa shape index (κ1) is 13.1. The molecule has 0 radical (unpaired) electrons. The predicted molar refractivity (Wildman–Crippen MR) is 67.1 cm³/mol. The summed E-state index contributed by atoms with van der Waals surface area (Å²) in [5.41, 5.74) is 0.406. The first-order chi connectivity index (χ1) is 8.91. The maximum absolute atomic E-state index is 12.8. The number of piperidine rings is 1. The minimum atomic E-state index is -3.57. The zero-order valence-corrected chi connectivity index (χ0v) is 11.9. The highest BCUT2D eigenvalue weighted by molar-refractivity contribution is 7.89. The van der Waals surface area contributed by atoms with Crippen LogP contribution >= 0.6 is 0 Å². The lowest BCUT2D eigenvalue weighted by atomic mass is 10.0. The van der Waals surface area contributed by atoms with Gasteiger partial charge in [-0.1, -0.05) is 5.16 Å². The van der Waals surface area contributed by atoms with Crippen LogP contribution in [0.25, 0.3) is 0 Å². The van der Waals surface area contributed by atoms with Crippen molar-refractivity contribution in [3.63, 3.8) is 0 Å². The van der Waals surface area contributed by atoms with E-state index >= 15 is 0 Å².